The monoisotopic (exact) mass is 291 g/mol. The van der Waals surface area contributed by atoms with E-state index in [1.165, 1.54) is 19.3 Å². The van der Waals surface area contributed by atoms with Crippen molar-refractivity contribution in [3.63, 3.8) is 0 Å². The fourth-order valence-electron chi connectivity index (χ4n) is 2.11. The lowest BCUT2D eigenvalue weighted by Gasteiger charge is -2.28. The largest absolute Gasteiger partial charge is 0.395 e. The van der Waals surface area contributed by atoms with E-state index in [9.17, 15) is 0 Å². The third-order valence-electron chi connectivity index (χ3n) is 3.34. The lowest BCUT2D eigenvalue weighted by atomic mass is 9.92. The van der Waals surface area contributed by atoms with E-state index in [4.69, 9.17) is 5.73 Å². The molecule has 0 radical (unpaired) electrons. The van der Waals surface area contributed by atoms with E-state index in [1.54, 1.807) is 0 Å². The molecule has 88 valence electrons. The van der Waals surface area contributed by atoms with Crippen LogP contribution in [-0.4, -0.2) is 11.0 Å². The number of para-hydroxylation sites is 1. The summed E-state index contributed by atoms with van der Waals surface area (Å²) in [5, 5.41) is 4.63. The molecule has 3 nitrogen and oxygen atoms in total. The van der Waals surface area contributed by atoms with E-state index in [-0.39, 0.29) is 0 Å². The van der Waals surface area contributed by atoms with Crippen molar-refractivity contribution in [2.24, 2.45) is 0 Å². The highest BCUT2D eigenvalue weighted by molar-refractivity contribution is 9.10. The van der Waals surface area contributed by atoms with Crippen molar-refractivity contribution in [1.29, 1.82) is 0 Å². The number of hydrogen-bond donors (Lipinski definition) is 2. The van der Waals surface area contributed by atoms with Gasteiger partial charge in [-0.05, 0) is 41.3 Å². The van der Waals surface area contributed by atoms with Gasteiger partial charge in [-0.1, -0.05) is 18.2 Å². The van der Waals surface area contributed by atoms with Gasteiger partial charge in [0.2, 0.25) is 0 Å². The molecular formula is C13H14BrN3. The number of pyridine rings is 1. The fraction of sp³-hybridized carbons (Fsp3) is 0.308. The van der Waals surface area contributed by atoms with Crippen LogP contribution in [-0.2, 0) is 0 Å². The number of halogens is 1. The minimum absolute atomic E-state index is 0.565. The van der Waals surface area contributed by atoms with Crippen LogP contribution in [0.2, 0.25) is 0 Å². The number of nitrogens with zero attached hydrogens (tertiary/aromatic N) is 1. The summed E-state index contributed by atoms with van der Waals surface area (Å²) in [5.74, 6) is 0. The van der Waals surface area contributed by atoms with Gasteiger partial charge in [0, 0.05) is 11.4 Å². The molecule has 0 atom stereocenters. The Morgan fingerprint density at radius 3 is 2.76 bits per heavy atom. The molecule has 1 saturated carbocycles. The maximum atomic E-state index is 6.10. The van der Waals surface area contributed by atoms with E-state index < -0.39 is 0 Å². The van der Waals surface area contributed by atoms with Crippen LogP contribution in [0.15, 0.2) is 28.9 Å². The molecule has 3 rings (SSSR count). The van der Waals surface area contributed by atoms with Gasteiger partial charge >= 0.3 is 0 Å². The SMILES string of the molecule is Nc1c(Br)nc2ccccc2c1NC1CCC1. The van der Waals surface area contributed by atoms with Crippen LogP contribution in [0, 0.1) is 0 Å². The van der Waals surface area contributed by atoms with Crippen molar-refractivity contribution in [3.05, 3.63) is 28.9 Å². The molecular weight excluding hydrogens is 278 g/mol. The van der Waals surface area contributed by atoms with Crippen LogP contribution in [0.25, 0.3) is 10.9 Å². The number of benzene rings is 1. The van der Waals surface area contributed by atoms with Crippen molar-refractivity contribution in [1.82, 2.24) is 4.98 Å². The van der Waals surface area contributed by atoms with Gasteiger partial charge in [0.1, 0.15) is 4.60 Å². The lowest BCUT2D eigenvalue weighted by Crippen LogP contribution is -2.27. The summed E-state index contributed by atoms with van der Waals surface area (Å²) in [6.07, 6.45) is 3.77. The van der Waals surface area contributed by atoms with E-state index in [0.29, 0.717) is 11.7 Å². The Bertz CT molecular complexity index is 564. The number of aromatic nitrogens is 1. The first-order chi connectivity index (χ1) is 8.25. The molecule has 0 saturated heterocycles. The summed E-state index contributed by atoms with van der Waals surface area (Å²) in [4.78, 5) is 4.44. The molecule has 0 unspecified atom stereocenters. The number of nitrogens with two attached hydrogens (primary N) is 1. The second-order valence-electron chi connectivity index (χ2n) is 4.48. The highest BCUT2D eigenvalue weighted by Crippen LogP contribution is 2.36. The third kappa shape index (κ3) is 1.86. The van der Waals surface area contributed by atoms with Gasteiger partial charge in [-0.3, -0.25) is 0 Å². The molecule has 1 aromatic carbocycles. The van der Waals surface area contributed by atoms with Gasteiger partial charge in [0.05, 0.1) is 16.9 Å². The van der Waals surface area contributed by atoms with Gasteiger partial charge in [-0.2, -0.15) is 0 Å². The first-order valence-corrected chi connectivity index (χ1v) is 6.65. The second-order valence-corrected chi connectivity index (χ2v) is 5.23. The zero-order chi connectivity index (χ0) is 11.8. The minimum Gasteiger partial charge on any atom is -0.395 e. The number of nitrogens with one attached hydrogen (secondary N) is 1. The van der Waals surface area contributed by atoms with Crippen molar-refractivity contribution >= 4 is 38.2 Å². The highest BCUT2D eigenvalue weighted by atomic mass is 79.9. The Kier molecular flexibility index (Phi) is 2.67. The molecule has 2 aromatic rings. The molecule has 1 heterocycles. The molecule has 1 aromatic heterocycles. The molecule has 1 aliphatic carbocycles. The van der Waals surface area contributed by atoms with Gasteiger partial charge in [-0.25, -0.2) is 4.98 Å². The number of hydrogen-bond acceptors (Lipinski definition) is 3. The van der Waals surface area contributed by atoms with Crippen molar-refractivity contribution in [3.8, 4) is 0 Å². The zero-order valence-corrected chi connectivity index (χ0v) is 11.0. The summed E-state index contributed by atoms with van der Waals surface area (Å²) >= 11 is 3.42. The fourth-order valence-corrected chi connectivity index (χ4v) is 2.50. The molecule has 1 fully saturated rings. The number of rotatable bonds is 2. The van der Waals surface area contributed by atoms with E-state index in [2.05, 4.69) is 32.3 Å². The molecule has 0 aliphatic heterocycles. The Morgan fingerprint density at radius 2 is 2.06 bits per heavy atom. The van der Waals surface area contributed by atoms with Crippen LogP contribution >= 0.6 is 15.9 Å². The Balaban J connectivity index is 2.14. The van der Waals surface area contributed by atoms with Crippen molar-refractivity contribution in [2.45, 2.75) is 25.3 Å². The predicted molar refractivity (Wildman–Crippen MR) is 75.1 cm³/mol. The molecule has 0 bridgehead atoms. The quantitative estimate of drug-likeness (QED) is 0.832. The Labute approximate surface area is 109 Å². The standard InChI is InChI=1S/C13H14BrN3/c14-13-11(15)12(16-8-4-3-5-8)9-6-1-2-7-10(9)17-13/h1-2,6-8H,3-5,15H2,(H,16,17). The molecule has 1 aliphatic rings. The summed E-state index contributed by atoms with van der Waals surface area (Å²) < 4.78 is 0.720. The first-order valence-electron chi connectivity index (χ1n) is 5.86. The average molecular weight is 292 g/mol. The summed E-state index contributed by atoms with van der Waals surface area (Å²) in [7, 11) is 0. The van der Waals surface area contributed by atoms with Gasteiger partial charge in [0.15, 0.2) is 0 Å². The van der Waals surface area contributed by atoms with E-state index in [0.717, 1.165) is 21.2 Å². The Hall–Kier alpha value is -1.29. The van der Waals surface area contributed by atoms with Crippen LogP contribution in [0.1, 0.15) is 19.3 Å². The Morgan fingerprint density at radius 1 is 1.29 bits per heavy atom. The molecule has 4 heteroatoms. The number of nitrogen functional groups attached to an aromatic ring is 1. The average Bonchev–Trinajstić information content (AvgIpc) is 2.27. The van der Waals surface area contributed by atoms with Gasteiger partial charge in [0.25, 0.3) is 0 Å². The van der Waals surface area contributed by atoms with Crippen molar-refractivity contribution < 1.29 is 0 Å². The van der Waals surface area contributed by atoms with Crippen molar-refractivity contribution in [2.75, 3.05) is 11.1 Å². The summed E-state index contributed by atoms with van der Waals surface area (Å²) in [5.41, 5.74) is 8.80. The normalized spacial score (nSPS) is 15.8. The van der Waals surface area contributed by atoms with E-state index >= 15 is 0 Å². The molecule has 0 amide bonds. The molecule has 0 spiro atoms. The van der Waals surface area contributed by atoms with Gasteiger partial charge in [-0.15, -0.1) is 0 Å². The van der Waals surface area contributed by atoms with Crippen LogP contribution in [0.5, 0.6) is 0 Å². The van der Waals surface area contributed by atoms with Crippen LogP contribution in [0.3, 0.4) is 0 Å². The maximum Gasteiger partial charge on any atom is 0.131 e. The smallest absolute Gasteiger partial charge is 0.131 e. The number of anilines is 2. The predicted octanol–water partition coefficient (Wildman–Crippen LogP) is 3.54. The third-order valence-corrected chi connectivity index (χ3v) is 3.94. The topological polar surface area (TPSA) is 50.9 Å². The van der Waals surface area contributed by atoms with Gasteiger partial charge < -0.3 is 11.1 Å². The summed E-state index contributed by atoms with van der Waals surface area (Å²) in [6, 6.07) is 8.64. The first kappa shape index (κ1) is 10.8. The maximum absolute atomic E-state index is 6.10. The number of fused-ring (bicyclic) bond motifs is 1. The zero-order valence-electron chi connectivity index (χ0n) is 9.41. The van der Waals surface area contributed by atoms with Crippen LogP contribution < -0.4 is 11.1 Å². The van der Waals surface area contributed by atoms with E-state index in [1.807, 2.05) is 18.2 Å². The van der Waals surface area contributed by atoms with Crippen LogP contribution in [0.4, 0.5) is 11.4 Å². The summed E-state index contributed by atoms with van der Waals surface area (Å²) in [6.45, 7) is 0. The molecule has 3 N–H and O–H groups in total. The second kappa shape index (κ2) is 4.18. The molecule has 17 heavy (non-hydrogen) atoms. The minimum atomic E-state index is 0.565. The lowest BCUT2D eigenvalue weighted by molar-refractivity contribution is 0.446. The highest BCUT2D eigenvalue weighted by Gasteiger charge is 2.20.